The molecule has 31 heavy (non-hydrogen) atoms. The fraction of sp³-hybridized carbons (Fsp3) is 0.478. The molecule has 1 aliphatic carbocycles. The van der Waals surface area contributed by atoms with E-state index in [0.29, 0.717) is 34.5 Å². The van der Waals surface area contributed by atoms with Crippen molar-refractivity contribution in [3.8, 4) is 11.5 Å². The molecule has 0 bridgehead atoms. The summed E-state index contributed by atoms with van der Waals surface area (Å²) in [5.74, 6) is 1.34. The third-order valence-corrected chi connectivity index (χ3v) is 6.64. The Labute approximate surface area is 187 Å². The predicted molar refractivity (Wildman–Crippen MR) is 121 cm³/mol. The maximum absolute atomic E-state index is 12.7. The number of ether oxygens (including phenoxy) is 3. The Hall–Kier alpha value is -2.58. The molecule has 7 nitrogen and oxygen atoms in total. The van der Waals surface area contributed by atoms with Gasteiger partial charge in [0.2, 0.25) is 5.91 Å². The fourth-order valence-electron chi connectivity index (χ4n) is 3.91. The molecule has 2 aromatic rings. The van der Waals surface area contributed by atoms with Crippen LogP contribution in [0.25, 0.3) is 0 Å². The van der Waals surface area contributed by atoms with Crippen LogP contribution in [0.2, 0.25) is 0 Å². The monoisotopic (exact) mass is 446 g/mol. The summed E-state index contributed by atoms with van der Waals surface area (Å²) in [7, 11) is 6.44. The minimum atomic E-state index is -0.388. The van der Waals surface area contributed by atoms with E-state index in [1.807, 2.05) is 30.1 Å². The van der Waals surface area contributed by atoms with E-state index < -0.39 is 0 Å². The molecule has 1 aromatic carbocycles. The molecule has 3 rings (SSSR count). The van der Waals surface area contributed by atoms with Crippen molar-refractivity contribution in [1.29, 1.82) is 0 Å². The lowest BCUT2D eigenvalue weighted by atomic mass is 9.88. The number of nitrogens with zero attached hydrogens (tertiary/aromatic N) is 1. The van der Waals surface area contributed by atoms with Crippen molar-refractivity contribution in [2.45, 2.75) is 32.7 Å². The highest BCUT2D eigenvalue weighted by Gasteiger charge is 2.29. The second-order valence-electron chi connectivity index (χ2n) is 7.96. The van der Waals surface area contributed by atoms with Gasteiger partial charge < -0.3 is 19.5 Å². The Kier molecular flexibility index (Phi) is 7.56. The molecule has 8 heteroatoms. The highest BCUT2D eigenvalue weighted by Crippen LogP contribution is 2.40. The number of carbonyl (C=O) groups is 2. The zero-order valence-electron chi connectivity index (χ0n) is 18.7. The van der Waals surface area contributed by atoms with Crippen molar-refractivity contribution in [2.75, 3.05) is 40.2 Å². The van der Waals surface area contributed by atoms with E-state index in [0.717, 1.165) is 30.4 Å². The summed E-state index contributed by atoms with van der Waals surface area (Å²) in [5, 5.41) is 3.54. The smallest absolute Gasteiger partial charge is 0.341 e. The zero-order chi connectivity index (χ0) is 22.5. The van der Waals surface area contributed by atoms with Crippen LogP contribution in [0.4, 0.5) is 5.00 Å². The molecule has 0 saturated heterocycles. The van der Waals surface area contributed by atoms with Gasteiger partial charge in [-0.1, -0.05) is 13.0 Å². The molecular weight excluding hydrogens is 416 g/mol. The Morgan fingerprint density at radius 2 is 1.94 bits per heavy atom. The number of amides is 1. The average Bonchev–Trinajstić information content (AvgIpc) is 3.09. The maximum Gasteiger partial charge on any atom is 0.341 e. The first-order chi connectivity index (χ1) is 14.9. The second-order valence-corrected chi connectivity index (χ2v) is 9.06. The molecule has 1 N–H and O–H groups in total. The molecule has 0 radical (unpaired) electrons. The van der Waals surface area contributed by atoms with Crippen LogP contribution < -0.4 is 14.8 Å². The Bertz CT molecular complexity index is 956. The van der Waals surface area contributed by atoms with Gasteiger partial charge in [0.05, 0.1) is 33.4 Å². The van der Waals surface area contributed by atoms with E-state index in [9.17, 15) is 9.59 Å². The number of fused-ring (bicyclic) bond motifs is 1. The van der Waals surface area contributed by atoms with Crippen LogP contribution in [-0.2, 0) is 28.9 Å². The highest BCUT2D eigenvalue weighted by atomic mass is 32.1. The Balaban J connectivity index is 1.68. The largest absolute Gasteiger partial charge is 0.493 e. The van der Waals surface area contributed by atoms with Crippen LogP contribution >= 0.6 is 11.3 Å². The number of nitrogens with one attached hydrogen (secondary N) is 1. The number of hydrogen-bond donors (Lipinski definition) is 1. The van der Waals surface area contributed by atoms with Crippen molar-refractivity contribution >= 4 is 28.2 Å². The first-order valence-corrected chi connectivity index (χ1v) is 11.1. The molecule has 0 saturated carbocycles. The molecule has 1 heterocycles. The van der Waals surface area contributed by atoms with Gasteiger partial charge in [-0.25, -0.2) is 4.79 Å². The first-order valence-electron chi connectivity index (χ1n) is 10.3. The second kappa shape index (κ2) is 10.2. The van der Waals surface area contributed by atoms with Gasteiger partial charge in [-0.05, 0) is 55.5 Å². The number of carbonyl (C=O) groups excluding carboxylic acids is 2. The number of anilines is 1. The van der Waals surface area contributed by atoms with Crippen LogP contribution in [0.15, 0.2) is 18.2 Å². The van der Waals surface area contributed by atoms with Crippen molar-refractivity contribution < 1.29 is 23.8 Å². The van der Waals surface area contributed by atoms with E-state index in [1.54, 1.807) is 14.2 Å². The SMILES string of the molecule is COC(=O)c1c(NC(=O)CN(C)Cc2ccc(OC)c(OC)c2)sc2c1CC[C@H](C)C2. The van der Waals surface area contributed by atoms with Gasteiger partial charge in [-0.2, -0.15) is 0 Å². The normalized spacial score (nSPS) is 15.4. The van der Waals surface area contributed by atoms with E-state index >= 15 is 0 Å². The Morgan fingerprint density at radius 3 is 2.61 bits per heavy atom. The van der Waals surface area contributed by atoms with Gasteiger partial charge in [-0.15, -0.1) is 11.3 Å². The molecule has 1 aliphatic rings. The molecule has 0 unspecified atom stereocenters. The number of thiophene rings is 1. The summed E-state index contributed by atoms with van der Waals surface area (Å²) in [6.07, 6.45) is 2.81. The molecule has 0 spiro atoms. The quantitative estimate of drug-likeness (QED) is 0.623. The Morgan fingerprint density at radius 1 is 1.19 bits per heavy atom. The highest BCUT2D eigenvalue weighted by molar-refractivity contribution is 7.17. The number of esters is 1. The van der Waals surface area contributed by atoms with Crippen molar-refractivity contribution in [1.82, 2.24) is 4.90 Å². The third-order valence-electron chi connectivity index (χ3n) is 5.47. The van der Waals surface area contributed by atoms with Crippen LogP contribution in [0.1, 0.15) is 39.7 Å². The van der Waals surface area contributed by atoms with Crippen LogP contribution in [-0.4, -0.2) is 51.7 Å². The number of benzene rings is 1. The summed E-state index contributed by atoms with van der Waals surface area (Å²) in [6, 6.07) is 5.69. The van der Waals surface area contributed by atoms with Gasteiger partial charge in [0, 0.05) is 11.4 Å². The fourth-order valence-corrected chi connectivity index (χ4v) is 5.33. The lowest BCUT2D eigenvalue weighted by Crippen LogP contribution is -2.30. The molecule has 1 aromatic heterocycles. The lowest BCUT2D eigenvalue weighted by molar-refractivity contribution is -0.117. The average molecular weight is 447 g/mol. The van der Waals surface area contributed by atoms with Gasteiger partial charge >= 0.3 is 5.97 Å². The third kappa shape index (κ3) is 5.37. The first kappa shape index (κ1) is 23.1. The minimum Gasteiger partial charge on any atom is -0.493 e. The standard InChI is InChI=1S/C23H30N2O5S/c1-14-6-8-16-19(10-14)31-22(21(16)23(27)30-5)24-20(26)13-25(2)12-15-7-9-17(28-3)18(11-15)29-4/h7,9,11,14H,6,8,10,12-13H2,1-5H3,(H,24,26)/t14-/m0/s1. The molecule has 1 atom stereocenters. The number of methoxy groups -OCH3 is 3. The van der Waals surface area contributed by atoms with E-state index in [1.165, 1.54) is 23.3 Å². The van der Waals surface area contributed by atoms with Crippen LogP contribution in [0.5, 0.6) is 11.5 Å². The van der Waals surface area contributed by atoms with Crippen molar-refractivity contribution in [3.05, 3.63) is 39.8 Å². The molecule has 168 valence electrons. The zero-order valence-corrected chi connectivity index (χ0v) is 19.6. The number of hydrogen-bond acceptors (Lipinski definition) is 7. The summed E-state index contributed by atoms with van der Waals surface area (Å²) in [6.45, 7) is 2.96. The number of likely N-dealkylation sites (N-methyl/N-ethyl adjacent to an activating group) is 1. The molecule has 0 aliphatic heterocycles. The number of rotatable bonds is 8. The molecule has 0 fully saturated rings. The summed E-state index contributed by atoms with van der Waals surface area (Å²) < 4.78 is 15.6. The lowest BCUT2D eigenvalue weighted by Gasteiger charge is -2.18. The van der Waals surface area contributed by atoms with Crippen molar-refractivity contribution in [2.24, 2.45) is 5.92 Å². The van der Waals surface area contributed by atoms with Gasteiger partial charge in [-0.3, -0.25) is 9.69 Å². The van der Waals surface area contributed by atoms with Crippen LogP contribution in [0, 0.1) is 5.92 Å². The van der Waals surface area contributed by atoms with E-state index in [4.69, 9.17) is 14.2 Å². The van der Waals surface area contributed by atoms with Gasteiger partial charge in [0.25, 0.3) is 0 Å². The topological polar surface area (TPSA) is 77.1 Å². The molecule has 1 amide bonds. The van der Waals surface area contributed by atoms with Crippen molar-refractivity contribution in [3.63, 3.8) is 0 Å². The minimum absolute atomic E-state index is 0.167. The van der Waals surface area contributed by atoms with Gasteiger partial charge in [0.15, 0.2) is 11.5 Å². The summed E-state index contributed by atoms with van der Waals surface area (Å²) >= 11 is 1.50. The maximum atomic E-state index is 12.7. The summed E-state index contributed by atoms with van der Waals surface area (Å²) in [4.78, 5) is 28.2. The molecular formula is C23H30N2O5S. The van der Waals surface area contributed by atoms with Gasteiger partial charge in [0.1, 0.15) is 5.00 Å². The summed E-state index contributed by atoms with van der Waals surface area (Å²) in [5.41, 5.74) is 2.55. The van der Waals surface area contributed by atoms with E-state index in [-0.39, 0.29) is 18.4 Å². The predicted octanol–water partition coefficient (Wildman–Crippen LogP) is 3.75. The van der Waals surface area contributed by atoms with Crippen LogP contribution in [0.3, 0.4) is 0 Å². The van der Waals surface area contributed by atoms with E-state index in [2.05, 4.69) is 12.2 Å².